The molecule has 5 nitrogen and oxygen atoms in total. The van der Waals surface area contributed by atoms with Gasteiger partial charge in [-0.05, 0) is 6.07 Å². The number of carbonyl (C=O) groups is 1. The van der Waals surface area contributed by atoms with Crippen LogP contribution in [0.2, 0.25) is 0 Å². The third-order valence-electron chi connectivity index (χ3n) is 1.39. The second kappa shape index (κ2) is 4.11. The molecule has 0 aliphatic heterocycles. The third-order valence-corrected chi connectivity index (χ3v) is 2.46. The summed E-state index contributed by atoms with van der Waals surface area (Å²) < 4.78 is 0. The van der Waals surface area contributed by atoms with Crippen molar-refractivity contribution in [3.8, 4) is 0 Å². The molecule has 0 aromatic carbocycles. The molecule has 1 aromatic rings. The standard InChI is InChI=1S/C7H7NO4S/c9-4-3-5(10)6-1-2-7(13-6)8(11)12/h1-2,9H,3-4H2. The number of aliphatic hydroxyl groups excluding tert-OH is 1. The summed E-state index contributed by atoms with van der Waals surface area (Å²) in [5.41, 5.74) is 0. The zero-order chi connectivity index (χ0) is 9.84. The summed E-state index contributed by atoms with van der Waals surface area (Å²) in [6, 6.07) is 2.69. The number of ketones is 1. The molecule has 0 saturated heterocycles. The summed E-state index contributed by atoms with van der Waals surface area (Å²) in [7, 11) is 0. The molecule has 0 aliphatic carbocycles. The molecule has 0 saturated carbocycles. The van der Waals surface area contributed by atoms with Crippen molar-refractivity contribution in [2.75, 3.05) is 6.61 Å². The first-order valence-corrected chi connectivity index (χ1v) is 4.35. The van der Waals surface area contributed by atoms with E-state index in [0.717, 1.165) is 11.3 Å². The number of aliphatic hydroxyl groups is 1. The quantitative estimate of drug-likeness (QED) is 0.451. The third kappa shape index (κ3) is 2.33. The lowest BCUT2D eigenvalue weighted by atomic mass is 10.2. The van der Waals surface area contributed by atoms with Gasteiger partial charge in [-0.2, -0.15) is 0 Å². The van der Waals surface area contributed by atoms with E-state index in [-0.39, 0.29) is 23.8 Å². The Balaban J connectivity index is 2.79. The molecule has 0 unspecified atom stereocenters. The SMILES string of the molecule is O=C(CCO)c1ccc([N+](=O)[O-])s1. The first-order valence-electron chi connectivity index (χ1n) is 3.53. The largest absolute Gasteiger partial charge is 0.396 e. The molecule has 0 amide bonds. The lowest BCUT2D eigenvalue weighted by Gasteiger charge is -1.90. The van der Waals surface area contributed by atoms with Crippen LogP contribution in [0.4, 0.5) is 5.00 Å². The number of hydrogen-bond acceptors (Lipinski definition) is 5. The van der Waals surface area contributed by atoms with Crippen LogP contribution in [0.3, 0.4) is 0 Å². The number of rotatable bonds is 4. The highest BCUT2D eigenvalue weighted by molar-refractivity contribution is 7.17. The van der Waals surface area contributed by atoms with Crippen molar-refractivity contribution in [1.82, 2.24) is 0 Å². The molecule has 13 heavy (non-hydrogen) atoms. The van der Waals surface area contributed by atoms with Gasteiger partial charge in [0.05, 0.1) is 16.4 Å². The number of Topliss-reactive ketones (excluding diaryl/α,β-unsaturated/α-hetero) is 1. The Morgan fingerprint density at radius 3 is 2.77 bits per heavy atom. The van der Waals surface area contributed by atoms with Gasteiger partial charge in [-0.3, -0.25) is 14.9 Å². The molecular formula is C7H7NO4S. The molecule has 1 heterocycles. The fourth-order valence-electron chi connectivity index (χ4n) is 0.800. The minimum Gasteiger partial charge on any atom is -0.396 e. The van der Waals surface area contributed by atoms with Crippen molar-refractivity contribution < 1.29 is 14.8 Å². The molecule has 1 N–H and O–H groups in total. The maximum Gasteiger partial charge on any atom is 0.324 e. The van der Waals surface area contributed by atoms with E-state index >= 15 is 0 Å². The normalized spacial score (nSPS) is 9.92. The van der Waals surface area contributed by atoms with Crippen LogP contribution in [-0.4, -0.2) is 22.4 Å². The van der Waals surface area contributed by atoms with Crippen molar-refractivity contribution in [2.24, 2.45) is 0 Å². The summed E-state index contributed by atoms with van der Waals surface area (Å²) in [6.07, 6.45) is 0.0116. The van der Waals surface area contributed by atoms with E-state index < -0.39 is 4.92 Å². The van der Waals surface area contributed by atoms with Crippen molar-refractivity contribution in [2.45, 2.75) is 6.42 Å². The van der Waals surface area contributed by atoms with Crippen molar-refractivity contribution in [3.63, 3.8) is 0 Å². The van der Waals surface area contributed by atoms with E-state index in [1.54, 1.807) is 0 Å². The minimum atomic E-state index is -0.541. The zero-order valence-electron chi connectivity index (χ0n) is 6.60. The summed E-state index contributed by atoms with van der Waals surface area (Å²) >= 11 is 0.829. The van der Waals surface area contributed by atoms with Crippen LogP contribution in [0.25, 0.3) is 0 Å². The second-order valence-corrected chi connectivity index (χ2v) is 3.35. The first kappa shape index (κ1) is 9.82. The van der Waals surface area contributed by atoms with Crippen LogP contribution >= 0.6 is 11.3 Å². The van der Waals surface area contributed by atoms with Crippen LogP contribution in [-0.2, 0) is 0 Å². The van der Waals surface area contributed by atoms with E-state index in [4.69, 9.17) is 5.11 Å². The predicted octanol–water partition coefficient (Wildman–Crippen LogP) is 1.22. The van der Waals surface area contributed by atoms with Gasteiger partial charge >= 0.3 is 5.00 Å². The van der Waals surface area contributed by atoms with Crippen molar-refractivity contribution >= 4 is 22.1 Å². The summed E-state index contributed by atoms with van der Waals surface area (Å²) in [5, 5.41) is 18.7. The van der Waals surface area contributed by atoms with E-state index in [1.165, 1.54) is 12.1 Å². The van der Waals surface area contributed by atoms with Crippen molar-refractivity contribution in [3.05, 3.63) is 27.1 Å². The molecule has 6 heteroatoms. The Morgan fingerprint density at radius 2 is 2.31 bits per heavy atom. The lowest BCUT2D eigenvalue weighted by Crippen LogP contribution is -1.98. The highest BCUT2D eigenvalue weighted by atomic mass is 32.1. The number of carbonyl (C=O) groups excluding carboxylic acids is 1. The van der Waals surface area contributed by atoms with Crippen molar-refractivity contribution in [1.29, 1.82) is 0 Å². The molecule has 0 radical (unpaired) electrons. The second-order valence-electron chi connectivity index (χ2n) is 2.29. The molecule has 0 bridgehead atoms. The van der Waals surface area contributed by atoms with Crippen LogP contribution in [0.5, 0.6) is 0 Å². The molecule has 0 fully saturated rings. The van der Waals surface area contributed by atoms with Gasteiger partial charge in [0.25, 0.3) is 0 Å². The van der Waals surface area contributed by atoms with E-state index in [2.05, 4.69) is 0 Å². The summed E-state index contributed by atoms with van der Waals surface area (Å²) in [5.74, 6) is -0.263. The molecular weight excluding hydrogens is 194 g/mol. The Hall–Kier alpha value is -1.27. The maximum atomic E-state index is 11.1. The highest BCUT2D eigenvalue weighted by Crippen LogP contribution is 2.24. The molecule has 70 valence electrons. The summed E-state index contributed by atoms with van der Waals surface area (Å²) in [6.45, 7) is -0.232. The van der Waals surface area contributed by atoms with E-state index in [9.17, 15) is 14.9 Å². The van der Waals surface area contributed by atoms with Crippen LogP contribution in [0.15, 0.2) is 12.1 Å². The minimum absolute atomic E-state index is 0.0116. The zero-order valence-corrected chi connectivity index (χ0v) is 7.41. The smallest absolute Gasteiger partial charge is 0.324 e. The van der Waals surface area contributed by atoms with Gasteiger partial charge in [0.1, 0.15) is 0 Å². The van der Waals surface area contributed by atoms with Crippen LogP contribution in [0.1, 0.15) is 16.1 Å². The Kier molecular flexibility index (Phi) is 3.10. The molecule has 0 atom stereocenters. The van der Waals surface area contributed by atoms with Gasteiger partial charge in [-0.15, -0.1) is 0 Å². The van der Waals surface area contributed by atoms with Crippen LogP contribution < -0.4 is 0 Å². The maximum absolute atomic E-state index is 11.1. The molecule has 0 spiro atoms. The van der Waals surface area contributed by atoms with Gasteiger partial charge in [0.15, 0.2) is 5.78 Å². The number of nitrogens with zero attached hydrogens (tertiary/aromatic N) is 1. The monoisotopic (exact) mass is 201 g/mol. The Bertz CT molecular complexity index is 333. The topological polar surface area (TPSA) is 80.4 Å². The van der Waals surface area contributed by atoms with E-state index in [0.29, 0.717) is 4.88 Å². The fraction of sp³-hybridized carbons (Fsp3) is 0.286. The van der Waals surface area contributed by atoms with Gasteiger partial charge in [0.2, 0.25) is 0 Å². The lowest BCUT2D eigenvalue weighted by molar-refractivity contribution is -0.380. The molecule has 0 aliphatic rings. The molecule has 1 rings (SSSR count). The highest BCUT2D eigenvalue weighted by Gasteiger charge is 2.14. The van der Waals surface area contributed by atoms with Gasteiger partial charge in [-0.1, -0.05) is 11.3 Å². The molecule has 1 aromatic heterocycles. The average molecular weight is 201 g/mol. The number of thiophene rings is 1. The number of nitro groups is 1. The number of hydrogen-bond donors (Lipinski definition) is 1. The average Bonchev–Trinajstić information content (AvgIpc) is 2.52. The fourth-order valence-corrected chi connectivity index (χ4v) is 1.59. The summed E-state index contributed by atoms with van der Waals surface area (Å²) in [4.78, 5) is 21.1. The van der Waals surface area contributed by atoms with E-state index in [1.807, 2.05) is 0 Å². The Morgan fingerprint density at radius 1 is 1.62 bits per heavy atom. The Labute approximate surface area is 77.8 Å². The van der Waals surface area contributed by atoms with Gasteiger partial charge < -0.3 is 5.11 Å². The van der Waals surface area contributed by atoms with Gasteiger partial charge in [-0.25, -0.2) is 0 Å². The van der Waals surface area contributed by atoms with Gasteiger partial charge in [0, 0.05) is 12.5 Å². The van der Waals surface area contributed by atoms with Crippen LogP contribution in [0, 0.1) is 10.1 Å². The first-order chi connectivity index (χ1) is 6.15. The predicted molar refractivity (Wildman–Crippen MR) is 47.0 cm³/mol.